The molecular weight excluding hydrogens is 369 g/mol. The molecule has 2 N–H and O–H groups in total. The van der Waals surface area contributed by atoms with E-state index in [1.165, 1.54) is 6.07 Å². The van der Waals surface area contributed by atoms with E-state index in [9.17, 15) is 4.39 Å². The minimum absolute atomic E-state index is 0.171. The number of hydrogen-bond donors (Lipinski definition) is 1. The van der Waals surface area contributed by atoms with Gasteiger partial charge in [-0.2, -0.15) is 0 Å². The van der Waals surface area contributed by atoms with E-state index in [0.717, 1.165) is 13.1 Å². The second kappa shape index (κ2) is 5.61. The fraction of sp³-hybridized carbons (Fsp3) is 0.167. The van der Waals surface area contributed by atoms with Crippen LogP contribution in [0.25, 0.3) is 0 Å². The van der Waals surface area contributed by atoms with Crippen LogP contribution in [0, 0.1) is 5.82 Å². The smallest absolute Gasteiger partial charge is 0.126 e. The van der Waals surface area contributed by atoms with Gasteiger partial charge in [0.1, 0.15) is 5.82 Å². The predicted octanol–water partition coefficient (Wildman–Crippen LogP) is 4.65. The Hall–Kier alpha value is -0.230. The first-order valence-electron chi connectivity index (χ1n) is 5.01. The minimum atomic E-state index is -0.209. The van der Waals surface area contributed by atoms with Crippen LogP contribution in [0.5, 0.6) is 0 Å². The van der Waals surface area contributed by atoms with E-state index in [1.54, 1.807) is 23.5 Å². The summed E-state index contributed by atoms with van der Waals surface area (Å²) in [5.74, 6) is -0.209. The summed E-state index contributed by atoms with van der Waals surface area (Å²) in [4.78, 5) is 1.05. The van der Waals surface area contributed by atoms with Crippen molar-refractivity contribution in [2.75, 3.05) is 0 Å². The topological polar surface area (TPSA) is 26.0 Å². The van der Waals surface area contributed by atoms with E-state index < -0.39 is 0 Å². The van der Waals surface area contributed by atoms with Crippen LogP contribution in [-0.4, -0.2) is 0 Å². The standard InChI is InChI=1S/C12H10Br2FNS/c13-8-1-2-9(15)7(5-8)6-10(16)11-3-4-12(14)17-11/h1-5,10H,6,16H2. The highest BCUT2D eigenvalue weighted by Crippen LogP contribution is 2.29. The molecule has 0 spiro atoms. The molecule has 0 aliphatic heterocycles. The minimum Gasteiger partial charge on any atom is -0.323 e. The van der Waals surface area contributed by atoms with Gasteiger partial charge < -0.3 is 5.73 Å². The zero-order valence-electron chi connectivity index (χ0n) is 8.79. The predicted molar refractivity (Wildman–Crippen MR) is 76.8 cm³/mol. The van der Waals surface area contributed by atoms with E-state index in [2.05, 4.69) is 31.9 Å². The van der Waals surface area contributed by atoms with Crippen molar-refractivity contribution in [1.29, 1.82) is 0 Å². The SMILES string of the molecule is NC(Cc1cc(Br)ccc1F)c1ccc(Br)s1. The highest BCUT2D eigenvalue weighted by Gasteiger charge is 2.12. The quantitative estimate of drug-likeness (QED) is 0.826. The first-order valence-corrected chi connectivity index (χ1v) is 7.41. The number of benzene rings is 1. The summed E-state index contributed by atoms with van der Waals surface area (Å²) in [5, 5.41) is 0. The largest absolute Gasteiger partial charge is 0.323 e. The number of thiophene rings is 1. The normalized spacial score (nSPS) is 12.7. The van der Waals surface area contributed by atoms with Crippen LogP contribution in [0.15, 0.2) is 38.6 Å². The Bertz CT molecular complexity index is 527. The average Bonchev–Trinajstić information content (AvgIpc) is 2.70. The van der Waals surface area contributed by atoms with Crippen LogP contribution in [0.2, 0.25) is 0 Å². The molecule has 0 fully saturated rings. The van der Waals surface area contributed by atoms with Gasteiger partial charge in [0, 0.05) is 15.4 Å². The summed E-state index contributed by atoms with van der Waals surface area (Å²) >= 11 is 8.31. The Kier molecular flexibility index (Phi) is 4.36. The van der Waals surface area contributed by atoms with Crippen molar-refractivity contribution >= 4 is 43.2 Å². The summed E-state index contributed by atoms with van der Waals surface area (Å²) in [7, 11) is 0. The third-order valence-electron chi connectivity index (χ3n) is 2.41. The molecule has 0 saturated heterocycles. The molecule has 0 radical (unpaired) electrons. The van der Waals surface area contributed by atoms with E-state index in [4.69, 9.17) is 5.73 Å². The van der Waals surface area contributed by atoms with Crippen molar-refractivity contribution in [1.82, 2.24) is 0 Å². The van der Waals surface area contributed by atoms with E-state index in [0.29, 0.717) is 12.0 Å². The van der Waals surface area contributed by atoms with Gasteiger partial charge in [-0.3, -0.25) is 0 Å². The lowest BCUT2D eigenvalue weighted by Gasteiger charge is -2.10. The van der Waals surface area contributed by atoms with Gasteiger partial charge in [-0.1, -0.05) is 15.9 Å². The van der Waals surface area contributed by atoms with Crippen molar-refractivity contribution < 1.29 is 4.39 Å². The lowest BCUT2D eigenvalue weighted by molar-refractivity contribution is 0.594. The molecule has 0 amide bonds. The van der Waals surface area contributed by atoms with Gasteiger partial charge in [0.15, 0.2) is 0 Å². The van der Waals surface area contributed by atoms with Gasteiger partial charge in [0.2, 0.25) is 0 Å². The van der Waals surface area contributed by atoms with Crippen LogP contribution >= 0.6 is 43.2 Å². The Morgan fingerprint density at radius 2 is 2.00 bits per heavy atom. The zero-order valence-corrected chi connectivity index (χ0v) is 12.8. The van der Waals surface area contributed by atoms with E-state index in [1.807, 2.05) is 12.1 Å². The molecule has 1 nitrogen and oxygen atoms in total. The van der Waals surface area contributed by atoms with Crippen LogP contribution in [0.4, 0.5) is 4.39 Å². The number of nitrogens with two attached hydrogens (primary N) is 1. The molecule has 5 heteroatoms. The van der Waals surface area contributed by atoms with Gasteiger partial charge in [-0.15, -0.1) is 11.3 Å². The fourth-order valence-corrected chi connectivity index (χ4v) is 3.40. The lowest BCUT2D eigenvalue weighted by atomic mass is 10.1. The highest BCUT2D eigenvalue weighted by molar-refractivity contribution is 9.11. The maximum atomic E-state index is 13.6. The summed E-state index contributed by atoms with van der Waals surface area (Å²) in [6.07, 6.45) is 0.498. The Labute approximate surface area is 120 Å². The summed E-state index contributed by atoms with van der Waals surface area (Å²) < 4.78 is 15.5. The first kappa shape index (κ1) is 13.2. The lowest BCUT2D eigenvalue weighted by Crippen LogP contribution is -2.12. The Balaban J connectivity index is 2.18. The molecule has 0 bridgehead atoms. The number of rotatable bonds is 3. The zero-order chi connectivity index (χ0) is 12.4. The molecule has 0 aliphatic rings. The molecule has 0 aliphatic carbocycles. The number of halogens is 3. The van der Waals surface area contributed by atoms with E-state index >= 15 is 0 Å². The third-order valence-corrected chi connectivity index (χ3v) is 4.66. The van der Waals surface area contributed by atoms with Gasteiger partial charge in [0.05, 0.1) is 3.79 Å². The molecule has 1 unspecified atom stereocenters. The van der Waals surface area contributed by atoms with Crippen molar-refractivity contribution in [2.24, 2.45) is 5.73 Å². The van der Waals surface area contributed by atoms with E-state index in [-0.39, 0.29) is 11.9 Å². The molecule has 17 heavy (non-hydrogen) atoms. The third kappa shape index (κ3) is 3.37. The van der Waals surface area contributed by atoms with Crippen LogP contribution in [0.3, 0.4) is 0 Å². The van der Waals surface area contributed by atoms with Crippen LogP contribution < -0.4 is 5.73 Å². The Morgan fingerprint density at radius 3 is 2.65 bits per heavy atom. The monoisotopic (exact) mass is 377 g/mol. The molecule has 90 valence electrons. The summed E-state index contributed by atoms with van der Waals surface area (Å²) in [5.41, 5.74) is 6.70. The molecule has 0 saturated carbocycles. The van der Waals surface area contributed by atoms with Gasteiger partial charge >= 0.3 is 0 Å². The molecule has 1 aromatic heterocycles. The van der Waals surface area contributed by atoms with Crippen molar-refractivity contribution in [2.45, 2.75) is 12.5 Å². The van der Waals surface area contributed by atoms with Crippen molar-refractivity contribution in [3.05, 3.63) is 54.8 Å². The molecule has 2 rings (SSSR count). The first-order chi connectivity index (χ1) is 8.06. The second-order valence-electron chi connectivity index (χ2n) is 3.69. The van der Waals surface area contributed by atoms with Crippen molar-refractivity contribution in [3.63, 3.8) is 0 Å². The molecule has 1 atom stereocenters. The molecule has 1 heterocycles. The van der Waals surface area contributed by atoms with Gasteiger partial charge in [-0.25, -0.2) is 4.39 Å². The van der Waals surface area contributed by atoms with Crippen LogP contribution in [-0.2, 0) is 6.42 Å². The molecule has 1 aromatic carbocycles. The molecular formula is C12H10Br2FNS. The van der Waals surface area contributed by atoms with Gasteiger partial charge in [-0.05, 0) is 58.2 Å². The van der Waals surface area contributed by atoms with Gasteiger partial charge in [0.25, 0.3) is 0 Å². The Morgan fingerprint density at radius 1 is 1.24 bits per heavy atom. The number of hydrogen-bond acceptors (Lipinski definition) is 2. The fourth-order valence-electron chi connectivity index (χ4n) is 1.56. The molecule has 2 aromatic rings. The highest BCUT2D eigenvalue weighted by atomic mass is 79.9. The summed E-state index contributed by atoms with van der Waals surface area (Å²) in [6.45, 7) is 0. The van der Waals surface area contributed by atoms with Crippen molar-refractivity contribution in [3.8, 4) is 0 Å². The van der Waals surface area contributed by atoms with Crippen LogP contribution in [0.1, 0.15) is 16.5 Å². The maximum Gasteiger partial charge on any atom is 0.126 e. The summed E-state index contributed by atoms with van der Waals surface area (Å²) in [6, 6.07) is 8.67. The maximum absolute atomic E-state index is 13.6. The average molecular weight is 379 g/mol. The second-order valence-corrected chi connectivity index (χ2v) is 7.10.